The van der Waals surface area contributed by atoms with E-state index in [9.17, 15) is 0 Å². The summed E-state index contributed by atoms with van der Waals surface area (Å²) in [5, 5.41) is 0. The zero-order valence-corrected chi connectivity index (χ0v) is 31.3. The number of allylic oxidation sites excluding steroid dienone is 2. The summed E-state index contributed by atoms with van der Waals surface area (Å²) in [5.41, 5.74) is 13.6. The van der Waals surface area contributed by atoms with Crippen molar-refractivity contribution < 1.29 is 0 Å². The van der Waals surface area contributed by atoms with Gasteiger partial charge >= 0.3 is 0 Å². The van der Waals surface area contributed by atoms with E-state index >= 15 is 0 Å². The van der Waals surface area contributed by atoms with Gasteiger partial charge < -0.3 is 0 Å². The lowest BCUT2D eigenvalue weighted by molar-refractivity contribution is 0.583. The molecule has 56 heavy (non-hydrogen) atoms. The van der Waals surface area contributed by atoms with Crippen LogP contribution in [0.15, 0.2) is 158 Å². The van der Waals surface area contributed by atoms with E-state index in [0.717, 1.165) is 97.9 Å². The molecule has 0 spiro atoms. The van der Waals surface area contributed by atoms with Gasteiger partial charge in [0.2, 0.25) is 0 Å². The summed E-state index contributed by atoms with van der Waals surface area (Å²) in [6.07, 6.45) is 8.53. The van der Waals surface area contributed by atoms with Crippen molar-refractivity contribution in [3.63, 3.8) is 0 Å². The maximum Gasteiger partial charge on any atom is 0.164 e. The van der Waals surface area contributed by atoms with Crippen LogP contribution in [0.25, 0.3) is 73.1 Å². The van der Waals surface area contributed by atoms with E-state index in [-0.39, 0.29) is 5.92 Å². The lowest BCUT2D eigenvalue weighted by Crippen LogP contribution is -2.11. The first-order chi connectivity index (χ1) is 27.5. The Morgan fingerprint density at radius 2 is 0.839 bits per heavy atom. The van der Waals surface area contributed by atoms with Gasteiger partial charge in [-0.2, -0.15) is 0 Å². The van der Waals surface area contributed by atoms with Crippen molar-refractivity contribution in [3.05, 3.63) is 181 Å². The molecule has 0 aliphatic heterocycles. The van der Waals surface area contributed by atoms with E-state index in [0.29, 0.717) is 17.5 Å². The molecule has 0 bridgehead atoms. The van der Waals surface area contributed by atoms with Crippen molar-refractivity contribution in [2.24, 2.45) is 0 Å². The standard InChI is InChI=1S/C49H39N7/c1-32-31-33(2)53-46(52-32)40-25-27-43(28-26-40)49-55-47(41-21-13-36(14-22-41)34-9-17-38(18-10-34)44-7-3-5-29-50-44)54-48(56-49)42-23-15-37(16-24-42)35-11-19-39(20-12-35)45-8-4-6-30-51-45/h3-24,27,29-31,40H,25-26,28H2,1-2H3. The van der Waals surface area contributed by atoms with Crippen molar-refractivity contribution in [1.29, 1.82) is 0 Å². The fourth-order valence-electron chi connectivity index (χ4n) is 7.34. The normalized spacial score (nSPS) is 14.0. The van der Waals surface area contributed by atoms with Gasteiger partial charge in [0.15, 0.2) is 17.5 Å². The quantitative estimate of drug-likeness (QED) is 0.154. The van der Waals surface area contributed by atoms with E-state index in [1.165, 1.54) is 0 Å². The maximum atomic E-state index is 5.09. The predicted octanol–water partition coefficient (Wildman–Crippen LogP) is 11.4. The molecule has 4 heterocycles. The number of hydrogen-bond acceptors (Lipinski definition) is 7. The number of pyridine rings is 2. The monoisotopic (exact) mass is 725 g/mol. The molecule has 1 unspecified atom stereocenters. The number of hydrogen-bond donors (Lipinski definition) is 0. The van der Waals surface area contributed by atoms with Crippen LogP contribution >= 0.6 is 0 Å². The van der Waals surface area contributed by atoms with E-state index in [1.807, 2.05) is 68.7 Å². The van der Waals surface area contributed by atoms with Gasteiger partial charge in [-0.25, -0.2) is 24.9 Å². The highest BCUT2D eigenvalue weighted by atomic mass is 15.0. The van der Waals surface area contributed by atoms with E-state index < -0.39 is 0 Å². The Bertz CT molecular complexity index is 2470. The average Bonchev–Trinajstić information content (AvgIpc) is 3.27. The molecule has 7 nitrogen and oxygen atoms in total. The van der Waals surface area contributed by atoms with Crippen LogP contribution in [0, 0.1) is 13.8 Å². The highest BCUT2D eigenvalue weighted by Gasteiger charge is 2.23. The van der Waals surface area contributed by atoms with Gasteiger partial charge in [-0.05, 0) is 91.3 Å². The van der Waals surface area contributed by atoms with Crippen LogP contribution in [-0.4, -0.2) is 34.9 Å². The Labute approximate surface area is 327 Å². The van der Waals surface area contributed by atoms with Crippen molar-refractivity contribution in [2.45, 2.75) is 39.0 Å². The van der Waals surface area contributed by atoms with Crippen LogP contribution < -0.4 is 0 Å². The molecule has 4 aromatic heterocycles. The Kier molecular flexibility index (Phi) is 9.56. The Morgan fingerprint density at radius 3 is 1.23 bits per heavy atom. The molecule has 1 aliphatic rings. The van der Waals surface area contributed by atoms with Gasteiger partial charge in [0.1, 0.15) is 5.82 Å². The zero-order chi connectivity index (χ0) is 37.8. The first kappa shape index (κ1) is 34.8. The van der Waals surface area contributed by atoms with Gasteiger partial charge in [0.05, 0.1) is 11.4 Å². The van der Waals surface area contributed by atoms with Gasteiger partial charge in [0, 0.05) is 52.0 Å². The summed E-state index contributed by atoms with van der Waals surface area (Å²) in [5.74, 6) is 3.21. The summed E-state index contributed by atoms with van der Waals surface area (Å²) in [6.45, 7) is 4.07. The first-order valence-electron chi connectivity index (χ1n) is 19.0. The van der Waals surface area contributed by atoms with Crippen LogP contribution in [0.3, 0.4) is 0 Å². The minimum absolute atomic E-state index is 0.272. The minimum Gasteiger partial charge on any atom is -0.256 e. The van der Waals surface area contributed by atoms with E-state index in [2.05, 4.69) is 113 Å². The highest BCUT2D eigenvalue weighted by molar-refractivity contribution is 5.74. The number of aryl methyl sites for hydroxylation is 2. The zero-order valence-electron chi connectivity index (χ0n) is 31.3. The Hall–Kier alpha value is -6.99. The smallest absolute Gasteiger partial charge is 0.164 e. The van der Waals surface area contributed by atoms with Crippen molar-refractivity contribution in [2.75, 3.05) is 0 Å². The summed E-state index contributed by atoms with van der Waals surface area (Å²) in [7, 11) is 0. The van der Waals surface area contributed by atoms with Crippen LogP contribution in [0.2, 0.25) is 0 Å². The second-order valence-electron chi connectivity index (χ2n) is 14.3. The Morgan fingerprint density at radius 1 is 0.429 bits per heavy atom. The fourth-order valence-corrected chi connectivity index (χ4v) is 7.34. The highest BCUT2D eigenvalue weighted by Crippen LogP contribution is 2.36. The molecule has 1 aliphatic carbocycles. The first-order valence-corrected chi connectivity index (χ1v) is 19.0. The molecule has 0 amide bonds. The van der Waals surface area contributed by atoms with Gasteiger partial charge in [-0.3, -0.25) is 9.97 Å². The third kappa shape index (κ3) is 7.52. The van der Waals surface area contributed by atoms with Gasteiger partial charge in [-0.15, -0.1) is 0 Å². The third-order valence-corrected chi connectivity index (χ3v) is 10.3. The van der Waals surface area contributed by atoms with Crippen LogP contribution in [0.5, 0.6) is 0 Å². The molecule has 7 heteroatoms. The van der Waals surface area contributed by atoms with Gasteiger partial charge in [-0.1, -0.05) is 115 Å². The summed E-state index contributed by atoms with van der Waals surface area (Å²) >= 11 is 0. The molecule has 0 saturated carbocycles. The summed E-state index contributed by atoms with van der Waals surface area (Å²) in [6, 6.07) is 48.0. The molecule has 0 fully saturated rings. The molecule has 0 saturated heterocycles. The SMILES string of the molecule is Cc1cc(C)nc(C2CC=C(c3nc(-c4ccc(-c5ccc(-c6ccccn6)cc5)cc4)nc(-c4ccc(-c5ccc(-c6ccccn6)cc5)cc4)n3)CC2)n1. The number of nitrogens with zero attached hydrogens (tertiary/aromatic N) is 7. The van der Waals surface area contributed by atoms with Crippen molar-refractivity contribution in [1.82, 2.24) is 34.9 Å². The lowest BCUT2D eigenvalue weighted by atomic mass is 9.88. The van der Waals surface area contributed by atoms with Crippen LogP contribution in [0.1, 0.15) is 48.2 Å². The summed E-state index contributed by atoms with van der Waals surface area (Å²) < 4.78 is 0. The second kappa shape index (κ2) is 15.4. The van der Waals surface area contributed by atoms with Crippen molar-refractivity contribution in [3.8, 4) is 67.5 Å². The van der Waals surface area contributed by atoms with Crippen LogP contribution in [-0.2, 0) is 0 Å². The molecule has 270 valence electrons. The number of aromatic nitrogens is 7. The molecular formula is C49H39N7. The molecule has 9 rings (SSSR count). The topological polar surface area (TPSA) is 90.2 Å². The minimum atomic E-state index is 0.272. The lowest BCUT2D eigenvalue weighted by Gasteiger charge is -2.21. The number of rotatable bonds is 8. The maximum absolute atomic E-state index is 5.09. The van der Waals surface area contributed by atoms with E-state index in [4.69, 9.17) is 24.9 Å². The molecule has 8 aromatic rings. The number of benzene rings is 4. The predicted molar refractivity (Wildman–Crippen MR) is 224 cm³/mol. The third-order valence-electron chi connectivity index (χ3n) is 10.3. The Balaban J connectivity index is 1.02. The van der Waals surface area contributed by atoms with Crippen molar-refractivity contribution >= 4 is 5.57 Å². The molecular weight excluding hydrogens is 687 g/mol. The largest absolute Gasteiger partial charge is 0.256 e. The molecule has 0 N–H and O–H groups in total. The average molecular weight is 726 g/mol. The summed E-state index contributed by atoms with van der Waals surface area (Å²) in [4.78, 5) is 33.8. The second-order valence-corrected chi connectivity index (χ2v) is 14.3. The van der Waals surface area contributed by atoms with E-state index in [1.54, 1.807) is 0 Å². The van der Waals surface area contributed by atoms with Gasteiger partial charge in [0.25, 0.3) is 0 Å². The molecule has 1 atom stereocenters. The fraction of sp³-hybridized carbons (Fsp3) is 0.122. The molecule has 4 aromatic carbocycles. The van der Waals surface area contributed by atoms with Crippen LogP contribution in [0.4, 0.5) is 0 Å². The molecule has 0 radical (unpaired) electrons.